The maximum absolute atomic E-state index is 11.8. The summed E-state index contributed by atoms with van der Waals surface area (Å²) < 4.78 is 10.6. The van der Waals surface area contributed by atoms with Crippen molar-refractivity contribution in [2.24, 2.45) is 0 Å². The van der Waals surface area contributed by atoms with E-state index in [1.807, 2.05) is 0 Å². The average Bonchev–Trinajstić information content (AvgIpc) is 2.63. The van der Waals surface area contributed by atoms with Crippen LogP contribution in [0, 0.1) is 0 Å². The first-order chi connectivity index (χ1) is 12.4. The Morgan fingerprint density at radius 3 is 2.35 bits per heavy atom. The number of carbonyl (C=O) groups is 2. The number of carboxylic acid groups (broad SMARTS) is 1. The van der Waals surface area contributed by atoms with Crippen LogP contribution in [0.4, 0.5) is 0 Å². The molecule has 0 aliphatic carbocycles. The molecule has 6 heteroatoms. The number of hydrogen-bond donors (Lipinski definition) is 2. The molecule has 0 fully saturated rings. The van der Waals surface area contributed by atoms with Crippen molar-refractivity contribution < 1.29 is 24.2 Å². The van der Waals surface area contributed by atoms with E-state index >= 15 is 0 Å². The van der Waals surface area contributed by atoms with Crippen LogP contribution in [0.2, 0.25) is 0 Å². The van der Waals surface area contributed by atoms with E-state index in [-0.39, 0.29) is 18.9 Å². The van der Waals surface area contributed by atoms with Gasteiger partial charge in [0.25, 0.3) is 5.91 Å². The average molecular weight is 365 g/mol. The second-order valence-corrected chi connectivity index (χ2v) is 6.61. The summed E-state index contributed by atoms with van der Waals surface area (Å²) in [4.78, 5) is 23.0. The minimum Gasteiger partial charge on any atom is -0.484 e. The minimum absolute atomic E-state index is 0.0286. The van der Waals surface area contributed by atoms with E-state index in [1.165, 1.54) is 33.3 Å². The van der Waals surface area contributed by atoms with Crippen molar-refractivity contribution in [3.63, 3.8) is 0 Å². The Bertz CT molecular complexity index is 558. The van der Waals surface area contributed by atoms with Crippen LogP contribution in [0.5, 0.6) is 5.75 Å². The lowest BCUT2D eigenvalue weighted by Crippen LogP contribution is -2.39. The predicted octanol–water partition coefficient (Wildman–Crippen LogP) is 3.18. The van der Waals surface area contributed by atoms with Crippen molar-refractivity contribution in [1.29, 1.82) is 0 Å². The number of carbonyl (C=O) groups excluding carboxylic acids is 1. The van der Waals surface area contributed by atoms with Crippen LogP contribution in [0.15, 0.2) is 24.3 Å². The quantitative estimate of drug-likeness (QED) is 0.525. The summed E-state index contributed by atoms with van der Waals surface area (Å²) in [7, 11) is 1.38. The number of ether oxygens (including phenoxy) is 2. The summed E-state index contributed by atoms with van der Waals surface area (Å²) in [5.41, 5.74) is -0.444. The Balaban J connectivity index is 2.34. The van der Waals surface area contributed by atoms with Gasteiger partial charge < -0.3 is 19.9 Å². The molecule has 1 aromatic rings. The van der Waals surface area contributed by atoms with Crippen LogP contribution in [-0.2, 0) is 20.7 Å². The van der Waals surface area contributed by atoms with Gasteiger partial charge >= 0.3 is 5.97 Å². The van der Waals surface area contributed by atoms with E-state index in [0.29, 0.717) is 12.3 Å². The van der Waals surface area contributed by atoms with Gasteiger partial charge in [0, 0.05) is 20.1 Å². The van der Waals surface area contributed by atoms with Crippen LogP contribution < -0.4 is 10.1 Å². The third-order valence-corrected chi connectivity index (χ3v) is 4.34. The van der Waals surface area contributed by atoms with Gasteiger partial charge in [-0.15, -0.1) is 0 Å². The molecule has 0 aliphatic rings. The molecule has 1 aromatic carbocycles. The summed E-state index contributed by atoms with van der Waals surface area (Å²) in [6.07, 6.45) is 6.02. The Kier molecular flexibility index (Phi) is 9.73. The van der Waals surface area contributed by atoms with E-state index < -0.39 is 11.6 Å². The molecule has 0 spiro atoms. The lowest BCUT2D eigenvalue weighted by molar-refractivity contribution is -0.159. The predicted molar refractivity (Wildman–Crippen MR) is 100 cm³/mol. The molecule has 6 nitrogen and oxygen atoms in total. The summed E-state index contributed by atoms with van der Waals surface area (Å²) >= 11 is 0. The third-order valence-electron chi connectivity index (χ3n) is 4.34. The molecule has 0 saturated carbocycles. The molecule has 0 bridgehead atoms. The molecule has 1 amide bonds. The number of hydrogen-bond acceptors (Lipinski definition) is 4. The number of rotatable bonds is 13. The topological polar surface area (TPSA) is 84.9 Å². The fourth-order valence-corrected chi connectivity index (χ4v) is 2.48. The zero-order valence-electron chi connectivity index (χ0n) is 16.0. The van der Waals surface area contributed by atoms with Crippen LogP contribution in [0.1, 0.15) is 51.5 Å². The lowest BCUT2D eigenvalue weighted by atomic mass is 9.96. The summed E-state index contributed by atoms with van der Waals surface area (Å²) in [6.45, 7) is 4.36. The van der Waals surface area contributed by atoms with Crippen molar-refractivity contribution in [2.45, 2.75) is 58.0 Å². The largest absolute Gasteiger partial charge is 0.484 e. The molecule has 2 N–H and O–H groups in total. The molecule has 0 aliphatic heterocycles. The number of unbranched alkanes of at least 4 members (excludes halogenated alkanes) is 4. The van der Waals surface area contributed by atoms with E-state index in [1.54, 1.807) is 24.3 Å². The van der Waals surface area contributed by atoms with Gasteiger partial charge in [-0.1, -0.05) is 44.7 Å². The molecule has 26 heavy (non-hydrogen) atoms. The monoisotopic (exact) mass is 365 g/mol. The van der Waals surface area contributed by atoms with Gasteiger partial charge in [-0.25, -0.2) is 4.79 Å². The molecule has 0 saturated heterocycles. The smallest absolute Gasteiger partial charge is 0.336 e. The van der Waals surface area contributed by atoms with Crippen molar-refractivity contribution in [3.05, 3.63) is 29.8 Å². The highest BCUT2D eigenvalue weighted by Crippen LogP contribution is 2.20. The number of aliphatic carboxylic acids is 1. The van der Waals surface area contributed by atoms with Crippen LogP contribution in [0.25, 0.3) is 0 Å². The van der Waals surface area contributed by atoms with E-state index in [9.17, 15) is 14.7 Å². The summed E-state index contributed by atoms with van der Waals surface area (Å²) in [5, 5.41) is 12.1. The highest BCUT2D eigenvalue weighted by Gasteiger charge is 2.33. The fraction of sp³-hybridized carbons (Fsp3) is 0.600. The number of amides is 1. The van der Waals surface area contributed by atoms with Gasteiger partial charge in [-0.05, 0) is 31.0 Å². The maximum atomic E-state index is 11.8. The number of carboxylic acids is 1. The summed E-state index contributed by atoms with van der Waals surface area (Å²) in [6, 6.07) is 7.01. The Morgan fingerprint density at radius 2 is 1.77 bits per heavy atom. The van der Waals surface area contributed by atoms with E-state index in [4.69, 9.17) is 9.47 Å². The van der Waals surface area contributed by atoms with Crippen molar-refractivity contribution in [3.8, 4) is 5.75 Å². The van der Waals surface area contributed by atoms with E-state index in [2.05, 4.69) is 12.2 Å². The van der Waals surface area contributed by atoms with Crippen LogP contribution in [0.3, 0.4) is 0 Å². The summed E-state index contributed by atoms with van der Waals surface area (Å²) in [5.74, 6) is -0.574. The molecule has 1 atom stereocenters. The van der Waals surface area contributed by atoms with Crippen molar-refractivity contribution in [2.75, 3.05) is 20.3 Å². The molecule has 0 heterocycles. The zero-order chi connectivity index (χ0) is 19.4. The molecule has 0 radical (unpaired) electrons. The first-order valence-electron chi connectivity index (χ1n) is 9.18. The Hall–Kier alpha value is -2.08. The minimum atomic E-state index is -1.26. The molecule has 1 unspecified atom stereocenters. The molecule has 146 valence electrons. The van der Waals surface area contributed by atoms with Gasteiger partial charge in [0.05, 0.1) is 0 Å². The lowest BCUT2D eigenvalue weighted by Gasteiger charge is -2.23. The van der Waals surface area contributed by atoms with Gasteiger partial charge in [-0.3, -0.25) is 4.79 Å². The van der Waals surface area contributed by atoms with Crippen molar-refractivity contribution in [1.82, 2.24) is 5.32 Å². The highest BCUT2D eigenvalue weighted by molar-refractivity contribution is 5.78. The normalized spacial score (nSPS) is 13.0. The number of methoxy groups -OCH3 is 1. The first-order valence-corrected chi connectivity index (χ1v) is 9.18. The van der Waals surface area contributed by atoms with Gasteiger partial charge in [0.2, 0.25) is 0 Å². The standard InChI is InChI=1S/C20H31NO5/c1-4-5-6-7-8-13-21-18(22)15-26-17-11-9-16(10-12-17)14-20(2,25-3)19(23)24/h9-12H,4-8,13-15H2,1-3H3,(H,21,22)(H,23,24). The number of benzene rings is 1. The Labute approximate surface area is 155 Å². The zero-order valence-corrected chi connectivity index (χ0v) is 16.0. The fourth-order valence-electron chi connectivity index (χ4n) is 2.48. The molecule has 1 rings (SSSR count). The number of nitrogens with one attached hydrogen (secondary N) is 1. The van der Waals surface area contributed by atoms with Crippen LogP contribution >= 0.6 is 0 Å². The Morgan fingerprint density at radius 1 is 1.12 bits per heavy atom. The first kappa shape index (κ1) is 22.0. The highest BCUT2D eigenvalue weighted by atomic mass is 16.5. The molecular formula is C20H31NO5. The SMILES string of the molecule is CCCCCCCNC(=O)COc1ccc(CC(C)(OC)C(=O)O)cc1. The van der Waals surface area contributed by atoms with Gasteiger partial charge in [0.15, 0.2) is 12.2 Å². The van der Waals surface area contributed by atoms with Crippen LogP contribution in [-0.4, -0.2) is 42.8 Å². The molecule has 0 aromatic heterocycles. The van der Waals surface area contributed by atoms with Gasteiger partial charge in [0.1, 0.15) is 5.75 Å². The van der Waals surface area contributed by atoms with E-state index in [0.717, 1.165) is 18.4 Å². The second kappa shape index (κ2) is 11.5. The van der Waals surface area contributed by atoms with Gasteiger partial charge in [-0.2, -0.15) is 0 Å². The molecular weight excluding hydrogens is 334 g/mol. The third kappa shape index (κ3) is 7.87. The maximum Gasteiger partial charge on any atom is 0.336 e. The van der Waals surface area contributed by atoms with Crippen molar-refractivity contribution >= 4 is 11.9 Å². The second-order valence-electron chi connectivity index (χ2n) is 6.61.